The van der Waals surface area contributed by atoms with E-state index >= 15 is 0 Å². The summed E-state index contributed by atoms with van der Waals surface area (Å²) in [5.74, 6) is 3.04. The molecule has 0 N–H and O–H groups in total. The largest absolute Gasteiger partial charge is 0.493 e. The molecule has 0 radical (unpaired) electrons. The number of hydrogen-bond donors (Lipinski definition) is 0. The molecule has 24 heavy (non-hydrogen) atoms. The van der Waals surface area contributed by atoms with Gasteiger partial charge >= 0.3 is 0 Å². The molecule has 0 amide bonds. The third-order valence-electron chi connectivity index (χ3n) is 3.61. The molecule has 130 valence electrons. The molecule has 0 atom stereocenters. The zero-order chi connectivity index (χ0) is 17.7. The molecule has 0 saturated carbocycles. The minimum Gasteiger partial charge on any atom is -0.493 e. The van der Waals surface area contributed by atoms with Crippen LogP contribution < -0.4 is 19.3 Å². The quantitative estimate of drug-likeness (QED) is 0.713. The summed E-state index contributed by atoms with van der Waals surface area (Å²) in [5, 5.41) is 0. The topological polar surface area (TPSA) is 50.7 Å². The van der Waals surface area contributed by atoms with Gasteiger partial charge in [-0.05, 0) is 30.0 Å². The van der Waals surface area contributed by atoms with Crippen LogP contribution in [0.25, 0.3) is 0 Å². The molecule has 1 heterocycles. The number of benzene rings is 1. The first-order valence-corrected chi connectivity index (χ1v) is 8.73. The van der Waals surface area contributed by atoms with Crippen LogP contribution in [0.5, 0.6) is 11.5 Å². The van der Waals surface area contributed by atoms with Crippen LogP contribution in [0.1, 0.15) is 5.56 Å². The molecular formula is C17H24N4O2S. The Labute approximate surface area is 147 Å². The zero-order valence-electron chi connectivity index (χ0n) is 15.0. The van der Waals surface area contributed by atoms with Crippen molar-refractivity contribution in [3.8, 4) is 11.5 Å². The highest BCUT2D eigenvalue weighted by Crippen LogP contribution is 2.35. The van der Waals surface area contributed by atoms with Gasteiger partial charge in [-0.2, -0.15) is 4.98 Å². The summed E-state index contributed by atoms with van der Waals surface area (Å²) in [5.41, 5.74) is 1.16. The van der Waals surface area contributed by atoms with Crippen molar-refractivity contribution < 1.29 is 9.47 Å². The smallest absolute Gasteiger partial charge is 0.226 e. The number of ether oxygens (including phenoxy) is 2. The van der Waals surface area contributed by atoms with Crippen LogP contribution in [0.3, 0.4) is 0 Å². The average molecular weight is 348 g/mol. The SMILES string of the molecule is COc1cc(CN(C)c2ccnc(N(C)C)n2)c(SC)cc1OC. The molecule has 1 aromatic heterocycles. The molecule has 0 bridgehead atoms. The van der Waals surface area contributed by atoms with E-state index in [-0.39, 0.29) is 0 Å². The molecule has 7 heteroatoms. The maximum Gasteiger partial charge on any atom is 0.226 e. The van der Waals surface area contributed by atoms with Gasteiger partial charge in [0, 0.05) is 38.8 Å². The summed E-state index contributed by atoms with van der Waals surface area (Å²) in [6.07, 6.45) is 3.83. The minimum atomic E-state index is 0.691. The van der Waals surface area contributed by atoms with Gasteiger partial charge in [0.2, 0.25) is 5.95 Å². The van der Waals surface area contributed by atoms with E-state index in [4.69, 9.17) is 9.47 Å². The lowest BCUT2D eigenvalue weighted by Crippen LogP contribution is -2.20. The Hall–Kier alpha value is -2.15. The third-order valence-corrected chi connectivity index (χ3v) is 4.43. The van der Waals surface area contributed by atoms with E-state index < -0.39 is 0 Å². The molecule has 0 aliphatic carbocycles. The number of aromatic nitrogens is 2. The molecule has 0 fully saturated rings. The number of methoxy groups -OCH3 is 2. The second kappa shape index (κ2) is 8.10. The molecule has 0 saturated heterocycles. The fourth-order valence-electron chi connectivity index (χ4n) is 2.32. The lowest BCUT2D eigenvalue weighted by Gasteiger charge is -2.22. The first-order valence-electron chi connectivity index (χ1n) is 7.50. The third kappa shape index (κ3) is 4.03. The van der Waals surface area contributed by atoms with Gasteiger partial charge in [-0.3, -0.25) is 0 Å². The second-order valence-electron chi connectivity index (χ2n) is 5.48. The van der Waals surface area contributed by atoms with E-state index in [1.165, 1.54) is 0 Å². The summed E-state index contributed by atoms with van der Waals surface area (Å²) in [6, 6.07) is 5.94. The summed E-state index contributed by atoms with van der Waals surface area (Å²) in [6.45, 7) is 0.709. The van der Waals surface area contributed by atoms with Crippen LogP contribution in [0.2, 0.25) is 0 Å². The monoisotopic (exact) mass is 348 g/mol. The Morgan fingerprint density at radius 2 is 1.75 bits per heavy atom. The van der Waals surface area contributed by atoms with Crippen LogP contribution in [0.4, 0.5) is 11.8 Å². The van der Waals surface area contributed by atoms with Crippen molar-refractivity contribution in [2.75, 3.05) is 51.4 Å². The van der Waals surface area contributed by atoms with Gasteiger partial charge in [-0.1, -0.05) is 0 Å². The highest BCUT2D eigenvalue weighted by atomic mass is 32.2. The van der Waals surface area contributed by atoms with E-state index in [0.717, 1.165) is 27.8 Å². The fourth-order valence-corrected chi connectivity index (χ4v) is 2.93. The van der Waals surface area contributed by atoms with Crippen LogP contribution in [0, 0.1) is 0 Å². The van der Waals surface area contributed by atoms with Crippen molar-refractivity contribution >= 4 is 23.5 Å². The van der Waals surface area contributed by atoms with Gasteiger partial charge in [0.05, 0.1) is 14.2 Å². The van der Waals surface area contributed by atoms with Gasteiger partial charge in [0.25, 0.3) is 0 Å². The van der Waals surface area contributed by atoms with Gasteiger partial charge in [0.15, 0.2) is 11.5 Å². The Morgan fingerprint density at radius 3 is 2.33 bits per heavy atom. The van der Waals surface area contributed by atoms with Gasteiger partial charge in [0.1, 0.15) is 5.82 Å². The molecule has 0 aliphatic rings. The van der Waals surface area contributed by atoms with Crippen molar-refractivity contribution in [3.05, 3.63) is 30.0 Å². The summed E-state index contributed by atoms with van der Waals surface area (Å²) < 4.78 is 10.8. The molecule has 6 nitrogen and oxygen atoms in total. The standard InChI is InChI=1S/C17H24N4O2S/c1-20(2)17-18-8-7-16(19-17)21(3)11-12-9-13(22-4)14(23-5)10-15(12)24-6/h7-10H,11H2,1-6H3. The molecule has 1 aromatic carbocycles. The Kier molecular flexibility index (Phi) is 6.14. The first kappa shape index (κ1) is 18.2. The second-order valence-corrected chi connectivity index (χ2v) is 6.33. The highest BCUT2D eigenvalue weighted by Gasteiger charge is 2.14. The summed E-state index contributed by atoms with van der Waals surface area (Å²) in [7, 11) is 9.18. The lowest BCUT2D eigenvalue weighted by atomic mass is 10.2. The van der Waals surface area contributed by atoms with Crippen molar-refractivity contribution in [2.24, 2.45) is 0 Å². The molecular weight excluding hydrogens is 324 g/mol. The van der Waals surface area contributed by atoms with Crippen LogP contribution in [0.15, 0.2) is 29.3 Å². The average Bonchev–Trinajstić information content (AvgIpc) is 2.61. The summed E-state index contributed by atoms with van der Waals surface area (Å²) in [4.78, 5) is 14.0. The van der Waals surface area contributed by atoms with Crippen molar-refractivity contribution in [1.82, 2.24) is 9.97 Å². The number of hydrogen-bond acceptors (Lipinski definition) is 7. The van der Waals surface area contributed by atoms with Crippen LogP contribution >= 0.6 is 11.8 Å². The lowest BCUT2D eigenvalue weighted by molar-refractivity contribution is 0.353. The van der Waals surface area contributed by atoms with E-state index in [0.29, 0.717) is 12.5 Å². The highest BCUT2D eigenvalue weighted by molar-refractivity contribution is 7.98. The number of rotatable bonds is 7. The molecule has 0 unspecified atom stereocenters. The predicted octanol–water partition coefficient (Wildman–Crippen LogP) is 2.92. The van der Waals surface area contributed by atoms with E-state index in [9.17, 15) is 0 Å². The van der Waals surface area contributed by atoms with Gasteiger partial charge in [-0.25, -0.2) is 4.98 Å². The number of anilines is 2. The normalized spacial score (nSPS) is 10.4. The maximum atomic E-state index is 5.43. The Bertz CT molecular complexity index is 694. The zero-order valence-corrected chi connectivity index (χ0v) is 15.8. The van der Waals surface area contributed by atoms with Gasteiger partial charge in [-0.15, -0.1) is 11.8 Å². The van der Waals surface area contributed by atoms with E-state index in [1.807, 2.05) is 44.2 Å². The number of thioether (sulfide) groups is 1. The Morgan fingerprint density at radius 1 is 1.08 bits per heavy atom. The minimum absolute atomic E-state index is 0.691. The molecule has 0 spiro atoms. The molecule has 2 rings (SSSR count). The van der Waals surface area contributed by atoms with Crippen LogP contribution in [-0.2, 0) is 6.54 Å². The number of nitrogens with zero attached hydrogens (tertiary/aromatic N) is 4. The van der Waals surface area contributed by atoms with Gasteiger partial charge < -0.3 is 19.3 Å². The molecule has 2 aromatic rings. The van der Waals surface area contributed by atoms with Crippen molar-refractivity contribution in [1.29, 1.82) is 0 Å². The maximum absolute atomic E-state index is 5.43. The van der Waals surface area contributed by atoms with Crippen molar-refractivity contribution in [3.63, 3.8) is 0 Å². The summed E-state index contributed by atoms with van der Waals surface area (Å²) >= 11 is 1.69. The van der Waals surface area contributed by atoms with Crippen LogP contribution in [-0.4, -0.2) is 51.6 Å². The predicted molar refractivity (Wildman–Crippen MR) is 99.8 cm³/mol. The Balaban J connectivity index is 2.31. The first-order chi connectivity index (χ1) is 11.5. The van der Waals surface area contributed by atoms with E-state index in [2.05, 4.69) is 21.1 Å². The molecule has 0 aliphatic heterocycles. The van der Waals surface area contributed by atoms with Crippen molar-refractivity contribution in [2.45, 2.75) is 11.4 Å². The van der Waals surface area contributed by atoms with E-state index in [1.54, 1.807) is 32.2 Å². The fraction of sp³-hybridized carbons (Fsp3) is 0.412.